The predicted molar refractivity (Wildman–Crippen MR) is 306 cm³/mol. The molecule has 13 rings (SSSR count). The van der Waals surface area contributed by atoms with Crippen LogP contribution in [0.25, 0.3) is 44.5 Å². The maximum atomic E-state index is 2.56. The molecule has 348 valence electrons. The summed E-state index contributed by atoms with van der Waals surface area (Å²) in [7, 11) is 0. The summed E-state index contributed by atoms with van der Waals surface area (Å²) in [4.78, 5) is 5.00. The third-order valence-electron chi connectivity index (χ3n) is 15.7. The topological polar surface area (TPSA) is 6.48 Å². The van der Waals surface area contributed by atoms with Gasteiger partial charge in [0.15, 0.2) is 0 Å². The molecule has 2 heteroatoms. The number of hydrogen-bond acceptors (Lipinski definition) is 2. The summed E-state index contributed by atoms with van der Waals surface area (Å²) in [6, 6.07) is 101. The molecule has 0 atom stereocenters. The van der Waals surface area contributed by atoms with Crippen molar-refractivity contribution >= 4 is 34.1 Å². The third kappa shape index (κ3) is 7.01. The van der Waals surface area contributed by atoms with Gasteiger partial charge < -0.3 is 9.80 Å². The Morgan fingerprint density at radius 3 is 1.44 bits per heavy atom. The molecular weight excluding hydrogens is 881 g/mol. The summed E-state index contributed by atoms with van der Waals surface area (Å²) >= 11 is 0. The molecule has 0 aliphatic heterocycles. The van der Waals surface area contributed by atoms with Gasteiger partial charge in [-0.3, -0.25) is 0 Å². The molecule has 0 heterocycles. The van der Waals surface area contributed by atoms with Crippen LogP contribution >= 0.6 is 0 Å². The normalized spacial score (nSPS) is 13.4. The minimum atomic E-state index is -0.750. The Morgan fingerprint density at radius 2 is 0.795 bits per heavy atom. The van der Waals surface area contributed by atoms with Crippen molar-refractivity contribution in [2.24, 2.45) is 0 Å². The van der Waals surface area contributed by atoms with Crippen LogP contribution in [0.1, 0.15) is 52.8 Å². The minimum Gasteiger partial charge on any atom is -0.310 e. The Labute approximate surface area is 429 Å². The minimum absolute atomic E-state index is 0.344. The van der Waals surface area contributed by atoms with E-state index in [0.29, 0.717) is 0 Å². The second-order valence-corrected chi connectivity index (χ2v) is 20.0. The van der Waals surface area contributed by atoms with Crippen molar-refractivity contribution in [3.8, 4) is 44.5 Å². The maximum Gasteiger partial charge on any atom is 0.0718 e. The molecule has 73 heavy (non-hydrogen) atoms. The highest BCUT2D eigenvalue weighted by Gasteiger charge is 2.53. The smallest absolute Gasteiger partial charge is 0.0718 e. The van der Waals surface area contributed by atoms with Gasteiger partial charge >= 0.3 is 0 Å². The summed E-state index contributed by atoms with van der Waals surface area (Å²) in [5, 5.41) is 0. The van der Waals surface area contributed by atoms with Gasteiger partial charge in [0.1, 0.15) is 0 Å². The van der Waals surface area contributed by atoms with E-state index in [1.807, 2.05) is 0 Å². The van der Waals surface area contributed by atoms with Crippen LogP contribution in [0.15, 0.2) is 273 Å². The first-order valence-corrected chi connectivity index (χ1v) is 25.5. The van der Waals surface area contributed by atoms with Gasteiger partial charge in [0.05, 0.1) is 11.1 Å². The van der Waals surface area contributed by atoms with Crippen molar-refractivity contribution in [3.63, 3.8) is 0 Å². The molecule has 11 aromatic rings. The largest absolute Gasteiger partial charge is 0.310 e. The SMILES string of the molecule is Cc1c(-c2ccccc2)cccc1N(c1ccccc1)c1cc2c(c3c1-c1ccc(N(c4ccccc4)c4cccc(-c5ccccc5)c4)cc1C3(c1ccccc1)c1ccccc1)C(C)(C)c1ccccc1-2. The van der Waals surface area contributed by atoms with Crippen LogP contribution in [0.5, 0.6) is 0 Å². The van der Waals surface area contributed by atoms with Gasteiger partial charge in [0.2, 0.25) is 0 Å². The van der Waals surface area contributed by atoms with E-state index in [2.05, 4.69) is 304 Å². The molecule has 0 spiro atoms. The fourth-order valence-electron chi connectivity index (χ4n) is 12.5. The molecule has 0 saturated heterocycles. The van der Waals surface area contributed by atoms with Crippen LogP contribution in [-0.4, -0.2) is 0 Å². The molecule has 2 nitrogen and oxygen atoms in total. The molecule has 0 saturated carbocycles. The van der Waals surface area contributed by atoms with Crippen LogP contribution in [-0.2, 0) is 10.8 Å². The molecule has 0 N–H and O–H groups in total. The predicted octanol–water partition coefficient (Wildman–Crippen LogP) is 18.9. The van der Waals surface area contributed by atoms with Crippen molar-refractivity contribution < 1.29 is 0 Å². The van der Waals surface area contributed by atoms with Gasteiger partial charge in [-0.05, 0) is 145 Å². The summed E-state index contributed by atoms with van der Waals surface area (Å²) < 4.78 is 0. The summed E-state index contributed by atoms with van der Waals surface area (Å²) in [6.07, 6.45) is 0. The molecule has 0 bridgehead atoms. The first kappa shape index (κ1) is 44.0. The van der Waals surface area contributed by atoms with Crippen LogP contribution in [0.2, 0.25) is 0 Å². The van der Waals surface area contributed by atoms with Crippen LogP contribution < -0.4 is 9.80 Å². The van der Waals surface area contributed by atoms with Crippen molar-refractivity contribution in [1.82, 2.24) is 0 Å². The first-order valence-electron chi connectivity index (χ1n) is 25.5. The van der Waals surface area contributed by atoms with Gasteiger partial charge in [-0.1, -0.05) is 226 Å². The lowest BCUT2D eigenvalue weighted by molar-refractivity contribution is 0.633. The lowest BCUT2D eigenvalue weighted by Gasteiger charge is -2.39. The maximum absolute atomic E-state index is 2.56. The number of rotatable bonds is 10. The van der Waals surface area contributed by atoms with Crippen molar-refractivity contribution in [2.45, 2.75) is 31.6 Å². The van der Waals surface area contributed by atoms with Gasteiger partial charge in [0.25, 0.3) is 0 Å². The molecule has 2 aliphatic carbocycles. The number of fused-ring (bicyclic) bond motifs is 7. The Morgan fingerprint density at radius 1 is 0.301 bits per heavy atom. The molecular formula is C71H54N2. The zero-order valence-corrected chi connectivity index (χ0v) is 41.4. The van der Waals surface area contributed by atoms with Crippen LogP contribution in [0, 0.1) is 6.92 Å². The first-order chi connectivity index (χ1) is 35.9. The average Bonchev–Trinajstić information content (AvgIpc) is 3.90. The van der Waals surface area contributed by atoms with Crippen molar-refractivity contribution in [2.75, 3.05) is 9.80 Å². The van der Waals surface area contributed by atoms with Crippen molar-refractivity contribution in [3.05, 3.63) is 312 Å². The zero-order chi connectivity index (χ0) is 49.1. The highest BCUT2D eigenvalue weighted by atomic mass is 15.2. The van der Waals surface area contributed by atoms with E-state index in [1.54, 1.807) is 0 Å². The van der Waals surface area contributed by atoms with E-state index >= 15 is 0 Å². The number of nitrogens with zero attached hydrogens (tertiary/aromatic N) is 2. The molecule has 0 fully saturated rings. The number of anilines is 6. The molecule has 11 aromatic carbocycles. The van der Waals surface area contributed by atoms with E-state index in [0.717, 1.165) is 34.1 Å². The quantitative estimate of drug-likeness (QED) is 0.135. The van der Waals surface area contributed by atoms with Gasteiger partial charge in [-0.15, -0.1) is 0 Å². The molecule has 0 amide bonds. The highest BCUT2D eigenvalue weighted by molar-refractivity contribution is 6.04. The summed E-state index contributed by atoms with van der Waals surface area (Å²) in [6.45, 7) is 7.20. The third-order valence-corrected chi connectivity index (χ3v) is 15.7. The highest BCUT2D eigenvalue weighted by Crippen LogP contribution is 2.66. The number of para-hydroxylation sites is 2. The Bertz CT molecular complexity index is 3770. The lowest BCUT2D eigenvalue weighted by Crippen LogP contribution is -2.32. The Kier molecular flexibility index (Phi) is 10.7. The van der Waals surface area contributed by atoms with E-state index in [-0.39, 0.29) is 5.41 Å². The lowest BCUT2D eigenvalue weighted by atomic mass is 9.63. The molecule has 2 aliphatic rings. The Balaban J connectivity index is 1.18. The second kappa shape index (κ2) is 17.7. The standard InChI is InChI=1S/C71H54N2/c1-49-59(51-28-12-5-13-29-51)41-25-43-65(49)73(56-37-20-9-21-38-56)66-48-62-60-40-22-23-42-63(60)70(2,3)68(62)69-67(66)61-45-44-58(47-64(61)71(69,53-31-14-6-15-32-53)54-33-16-7-17-34-54)72(55-35-18-8-19-36-55)57-39-24-30-52(46-57)50-26-10-4-11-27-50/h4-48H,1-3H3. The summed E-state index contributed by atoms with van der Waals surface area (Å²) in [5.41, 5.74) is 24.4. The van der Waals surface area contributed by atoms with E-state index in [9.17, 15) is 0 Å². The second-order valence-electron chi connectivity index (χ2n) is 20.0. The van der Waals surface area contributed by atoms with Crippen LogP contribution in [0.3, 0.4) is 0 Å². The van der Waals surface area contributed by atoms with Crippen molar-refractivity contribution in [1.29, 1.82) is 0 Å². The van der Waals surface area contributed by atoms with E-state index < -0.39 is 5.41 Å². The fourth-order valence-corrected chi connectivity index (χ4v) is 12.5. The fraction of sp³-hybridized carbons (Fsp3) is 0.0704. The molecule has 0 aromatic heterocycles. The number of hydrogen-bond donors (Lipinski definition) is 0. The number of benzene rings is 11. The van der Waals surface area contributed by atoms with Gasteiger partial charge in [-0.25, -0.2) is 0 Å². The molecule has 0 unspecified atom stereocenters. The zero-order valence-electron chi connectivity index (χ0n) is 41.4. The monoisotopic (exact) mass is 934 g/mol. The van der Waals surface area contributed by atoms with Gasteiger partial charge in [-0.2, -0.15) is 0 Å². The van der Waals surface area contributed by atoms with Gasteiger partial charge in [0, 0.05) is 39.4 Å². The molecule has 0 radical (unpaired) electrons. The Hall–Kier alpha value is -8.98. The van der Waals surface area contributed by atoms with E-state index in [1.165, 1.54) is 83.5 Å². The average molecular weight is 935 g/mol. The van der Waals surface area contributed by atoms with E-state index in [4.69, 9.17) is 0 Å². The summed E-state index contributed by atoms with van der Waals surface area (Å²) in [5.74, 6) is 0. The van der Waals surface area contributed by atoms with Crippen LogP contribution in [0.4, 0.5) is 34.1 Å².